The third kappa shape index (κ3) is 5.99. The molecule has 1 aromatic carbocycles. The van der Waals surface area contributed by atoms with Gasteiger partial charge in [0.05, 0.1) is 0 Å². The van der Waals surface area contributed by atoms with E-state index in [4.69, 9.17) is 4.74 Å². The molecule has 0 radical (unpaired) electrons. The van der Waals surface area contributed by atoms with Crippen LogP contribution in [0.4, 0.5) is 0 Å². The highest BCUT2D eigenvalue weighted by Crippen LogP contribution is 2.28. The van der Waals surface area contributed by atoms with E-state index in [0.717, 1.165) is 36.3 Å². The molecule has 1 saturated carbocycles. The summed E-state index contributed by atoms with van der Waals surface area (Å²) < 4.78 is 5.73. The number of rotatable bonds is 6. The van der Waals surface area contributed by atoms with Gasteiger partial charge < -0.3 is 4.74 Å². The number of carbonyl (C=O) groups excluding carboxylic acids is 1. The van der Waals surface area contributed by atoms with Crippen molar-refractivity contribution in [2.45, 2.75) is 71.1 Å². The summed E-state index contributed by atoms with van der Waals surface area (Å²) in [7, 11) is 0. The number of benzene rings is 1. The molecule has 1 unspecified atom stereocenters. The molecular weight excluding hydrogens is 300 g/mol. The van der Waals surface area contributed by atoms with E-state index in [1.165, 1.54) is 32.1 Å². The van der Waals surface area contributed by atoms with Crippen molar-refractivity contribution < 1.29 is 9.53 Å². The van der Waals surface area contributed by atoms with E-state index in [2.05, 4.69) is 30.4 Å². The Morgan fingerprint density at radius 3 is 2.54 bits per heavy atom. The molecule has 2 rings (SSSR count). The van der Waals surface area contributed by atoms with Crippen LogP contribution in [0.1, 0.15) is 76.7 Å². The average Bonchev–Trinajstić information content (AvgIpc) is 2.58. The molecule has 1 atom stereocenters. The van der Waals surface area contributed by atoms with Crippen LogP contribution in [0, 0.1) is 0 Å². The van der Waals surface area contributed by atoms with Gasteiger partial charge in [0.15, 0.2) is 6.61 Å². The van der Waals surface area contributed by atoms with Crippen LogP contribution in [0.5, 0.6) is 5.75 Å². The minimum Gasteiger partial charge on any atom is -0.483 e. The summed E-state index contributed by atoms with van der Waals surface area (Å²) in [6.07, 6.45) is 9.24. The van der Waals surface area contributed by atoms with Crippen molar-refractivity contribution in [3.63, 3.8) is 0 Å². The van der Waals surface area contributed by atoms with Gasteiger partial charge >= 0.3 is 0 Å². The largest absolute Gasteiger partial charge is 0.483 e. The molecule has 1 aliphatic carbocycles. The molecule has 0 aliphatic heterocycles. The normalized spacial score (nSPS) is 16.7. The van der Waals surface area contributed by atoms with Gasteiger partial charge in [0, 0.05) is 5.71 Å². The molecule has 1 aromatic rings. The second kappa shape index (κ2) is 10.1. The van der Waals surface area contributed by atoms with Crippen molar-refractivity contribution in [1.29, 1.82) is 0 Å². The molecule has 1 fully saturated rings. The Bertz CT molecular complexity index is 544. The second-order valence-corrected chi connectivity index (χ2v) is 6.62. The molecular formula is C20H30N2O2. The number of para-hydroxylation sites is 1. The Hall–Kier alpha value is -1.84. The topological polar surface area (TPSA) is 50.7 Å². The van der Waals surface area contributed by atoms with Gasteiger partial charge in [-0.1, -0.05) is 51.3 Å². The zero-order valence-electron chi connectivity index (χ0n) is 15.0. The molecule has 0 heterocycles. The molecule has 1 aliphatic rings. The van der Waals surface area contributed by atoms with Crippen LogP contribution in [-0.4, -0.2) is 18.2 Å². The van der Waals surface area contributed by atoms with Gasteiger partial charge in [0.25, 0.3) is 5.91 Å². The fourth-order valence-corrected chi connectivity index (χ4v) is 2.98. The standard InChI is InChI=1S/C20H30N2O2/c1-3-16(2)18-13-9-10-14-19(18)24-15-20(23)22-21-17-11-7-5-4-6-8-12-17/h9-10,13-14,16H,3-8,11-12,15H2,1-2H3,(H,22,23). The van der Waals surface area contributed by atoms with E-state index in [-0.39, 0.29) is 12.5 Å². The van der Waals surface area contributed by atoms with Crippen molar-refractivity contribution >= 4 is 11.6 Å². The molecule has 24 heavy (non-hydrogen) atoms. The maximum atomic E-state index is 12.0. The van der Waals surface area contributed by atoms with Gasteiger partial charge in [-0.15, -0.1) is 0 Å². The highest BCUT2D eigenvalue weighted by molar-refractivity contribution is 5.86. The summed E-state index contributed by atoms with van der Waals surface area (Å²) in [6.45, 7) is 4.33. The van der Waals surface area contributed by atoms with Gasteiger partial charge in [-0.3, -0.25) is 4.79 Å². The van der Waals surface area contributed by atoms with E-state index >= 15 is 0 Å². The van der Waals surface area contributed by atoms with E-state index < -0.39 is 0 Å². The first-order chi connectivity index (χ1) is 11.7. The maximum Gasteiger partial charge on any atom is 0.277 e. The first-order valence-electron chi connectivity index (χ1n) is 9.26. The first kappa shape index (κ1) is 18.5. The molecule has 0 bridgehead atoms. The molecule has 0 aromatic heterocycles. The lowest BCUT2D eigenvalue weighted by molar-refractivity contribution is -0.123. The van der Waals surface area contributed by atoms with Crippen LogP contribution >= 0.6 is 0 Å². The van der Waals surface area contributed by atoms with Crippen molar-refractivity contribution in [1.82, 2.24) is 5.43 Å². The minimum absolute atomic E-state index is 0.00419. The number of hydrogen-bond acceptors (Lipinski definition) is 3. The Labute approximate surface area is 145 Å². The zero-order chi connectivity index (χ0) is 17.2. The average molecular weight is 330 g/mol. The lowest BCUT2D eigenvalue weighted by Crippen LogP contribution is -2.26. The molecule has 0 spiro atoms. The summed E-state index contributed by atoms with van der Waals surface area (Å²) in [5.41, 5.74) is 4.92. The van der Waals surface area contributed by atoms with Gasteiger partial charge in [0.2, 0.25) is 0 Å². The van der Waals surface area contributed by atoms with E-state index in [0.29, 0.717) is 5.92 Å². The van der Waals surface area contributed by atoms with Crippen LogP contribution < -0.4 is 10.2 Å². The monoisotopic (exact) mass is 330 g/mol. The summed E-state index contributed by atoms with van der Waals surface area (Å²) in [6, 6.07) is 7.94. The molecule has 1 N–H and O–H groups in total. The molecule has 4 nitrogen and oxygen atoms in total. The van der Waals surface area contributed by atoms with Crippen molar-refractivity contribution in [3.05, 3.63) is 29.8 Å². The zero-order valence-corrected chi connectivity index (χ0v) is 15.0. The highest BCUT2D eigenvalue weighted by atomic mass is 16.5. The van der Waals surface area contributed by atoms with Crippen molar-refractivity contribution in [2.75, 3.05) is 6.61 Å². The lowest BCUT2D eigenvalue weighted by Gasteiger charge is -2.15. The maximum absolute atomic E-state index is 12.0. The summed E-state index contributed by atoms with van der Waals surface area (Å²) >= 11 is 0. The fraction of sp³-hybridized carbons (Fsp3) is 0.600. The molecule has 0 saturated heterocycles. The number of nitrogens with one attached hydrogen (secondary N) is 1. The van der Waals surface area contributed by atoms with Gasteiger partial charge in [-0.05, 0) is 49.7 Å². The van der Waals surface area contributed by atoms with Crippen molar-refractivity contribution in [3.8, 4) is 5.75 Å². The molecule has 1 amide bonds. The summed E-state index contributed by atoms with van der Waals surface area (Å²) in [5.74, 6) is 1.02. The number of amides is 1. The SMILES string of the molecule is CCC(C)c1ccccc1OCC(=O)NN=C1CCCCCCC1. The van der Waals surface area contributed by atoms with E-state index in [1.807, 2.05) is 18.2 Å². The quantitative estimate of drug-likeness (QED) is 0.762. The number of hydrogen-bond donors (Lipinski definition) is 1. The number of carbonyl (C=O) groups is 1. The second-order valence-electron chi connectivity index (χ2n) is 6.62. The minimum atomic E-state index is -0.191. The van der Waals surface area contributed by atoms with Crippen molar-refractivity contribution in [2.24, 2.45) is 5.10 Å². The highest BCUT2D eigenvalue weighted by Gasteiger charge is 2.11. The predicted octanol–water partition coefficient (Wildman–Crippen LogP) is 4.80. The van der Waals surface area contributed by atoms with Gasteiger partial charge in [0.1, 0.15) is 5.75 Å². The van der Waals surface area contributed by atoms with Crippen LogP contribution in [0.15, 0.2) is 29.4 Å². The third-order valence-electron chi connectivity index (χ3n) is 4.69. The van der Waals surface area contributed by atoms with Crippen LogP contribution in [0.2, 0.25) is 0 Å². The van der Waals surface area contributed by atoms with Crippen LogP contribution in [0.25, 0.3) is 0 Å². The van der Waals surface area contributed by atoms with Crippen LogP contribution in [0.3, 0.4) is 0 Å². The van der Waals surface area contributed by atoms with E-state index in [1.54, 1.807) is 0 Å². The smallest absolute Gasteiger partial charge is 0.277 e. The number of hydrazone groups is 1. The fourth-order valence-electron chi connectivity index (χ4n) is 2.98. The molecule has 4 heteroatoms. The van der Waals surface area contributed by atoms with Gasteiger partial charge in [-0.2, -0.15) is 5.10 Å². The summed E-state index contributed by atoms with van der Waals surface area (Å²) in [5, 5.41) is 4.31. The van der Waals surface area contributed by atoms with E-state index in [9.17, 15) is 4.79 Å². The number of nitrogens with zero attached hydrogens (tertiary/aromatic N) is 1. The first-order valence-corrected chi connectivity index (χ1v) is 9.26. The Balaban J connectivity index is 1.85. The Morgan fingerprint density at radius 1 is 1.17 bits per heavy atom. The van der Waals surface area contributed by atoms with Crippen LogP contribution in [-0.2, 0) is 4.79 Å². The number of ether oxygens (including phenoxy) is 1. The Kier molecular flexibility index (Phi) is 7.80. The lowest BCUT2D eigenvalue weighted by atomic mass is 9.98. The Morgan fingerprint density at radius 2 is 1.83 bits per heavy atom. The predicted molar refractivity (Wildman–Crippen MR) is 98.5 cm³/mol. The molecule has 132 valence electrons. The van der Waals surface area contributed by atoms with Gasteiger partial charge in [-0.25, -0.2) is 5.43 Å². The summed E-state index contributed by atoms with van der Waals surface area (Å²) in [4.78, 5) is 12.0. The third-order valence-corrected chi connectivity index (χ3v) is 4.69.